The average molecular weight is 309 g/mol. The molecule has 114 valence electrons. The highest BCUT2D eigenvalue weighted by Gasteiger charge is 2.34. The number of nitrogens with zero attached hydrogens (tertiary/aromatic N) is 1. The van der Waals surface area contributed by atoms with Crippen molar-refractivity contribution in [1.82, 2.24) is 10.3 Å². The van der Waals surface area contributed by atoms with Gasteiger partial charge in [-0.15, -0.1) is 11.8 Å². The number of esters is 1. The van der Waals surface area contributed by atoms with E-state index in [9.17, 15) is 9.59 Å². The summed E-state index contributed by atoms with van der Waals surface area (Å²) in [6, 6.07) is 8.82. The van der Waals surface area contributed by atoms with Gasteiger partial charge in [-0.2, -0.15) is 0 Å². The Morgan fingerprint density at radius 2 is 2.14 bits per heavy atom. The van der Waals surface area contributed by atoms with Gasteiger partial charge >= 0.3 is 5.97 Å². The zero-order valence-electron chi connectivity index (χ0n) is 11.8. The molecule has 6 nitrogen and oxygen atoms in total. The van der Waals surface area contributed by atoms with Gasteiger partial charge in [-0.05, 0) is 19.1 Å². The van der Waals surface area contributed by atoms with E-state index in [1.54, 1.807) is 31.2 Å². The van der Waals surface area contributed by atoms with Crippen LogP contribution in [0.5, 0.6) is 0 Å². The number of carbonyl (C=O) groups is 2. The summed E-state index contributed by atoms with van der Waals surface area (Å²) < 4.78 is 4.92. The van der Waals surface area contributed by atoms with Crippen LogP contribution in [0.2, 0.25) is 0 Å². The molecule has 1 amide bonds. The summed E-state index contributed by atoms with van der Waals surface area (Å²) in [6.07, 6.45) is 0.231. The molecule has 0 saturated carbocycles. The number of hydrogen-bond acceptors (Lipinski definition) is 6. The van der Waals surface area contributed by atoms with E-state index in [1.807, 2.05) is 6.07 Å². The lowest BCUT2D eigenvalue weighted by Crippen LogP contribution is -2.50. The first kappa shape index (κ1) is 15.8. The van der Waals surface area contributed by atoms with E-state index in [1.165, 1.54) is 16.8 Å². The second-order valence-corrected chi connectivity index (χ2v) is 5.75. The molecule has 3 N–H and O–H groups in total. The van der Waals surface area contributed by atoms with Gasteiger partial charge in [0.2, 0.25) is 0 Å². The van der Waals surface area contributed by atoms with Crippen molar-refractivity contribution in [3.8, 4) is 0 Å². The van der Waals surface area contributed by atoms with Crippen LogP contribution in [0.1, 0.15) is 23.7 Å². The fourth-order valence-corrected chi connectivity index (χ4v) is 3.27. The van der Waals surface area contributed by atoms with Crippen LogP contribution in [0.4, 0.5) is 0 Å². The predicted molar refractivity (Wildman–Crippen MR) is 81.2 cm³/mol. The molecular formula is C14H19N3O3S. The average Bonchev–Trinajstić information content (AvgIpc) is 2.81. The first-order valence-corrected chi connectivity index (χ1v) is 7.83. The molecule has 7 heteroatoms. The van der Waals surface area contributed by atoms with Gasteiger partial charge in [-0.3, -0.25) is 15.4 Å². The molecule has 21 heavy (non-hydrogen) atoms. The fraction of sp³-hybridized carbons (Fsp3) is 0.429. The zero-order valence-corrected chi connectivity index (χ0v) is 12.6. The van der Waals surface area contributed by atoms with Gasteiger partial charge in [0, 0.05) is 17.4 Å². The zero-order chi connectivity index (χ0) is 15.2. The Morgan fingerprint density at radius 1 is 1.43 bits per heavy atom. The monoisotopic (exact) mass is 309 g/mol. The van der Waals surface area contributed by atoms with E-state index < -0.39 is 0 Å². The van der Waals surface area contributed by atoms with E-state index in [2.05, 4.69) is 5.32 Å². The van der Waals surface area contributed by atoms with Gasteiger partial charge in [-0.1, -0.05) is 18.2 Å². The van der Waals surface area contributed by atoms with Crippen LogP contribution in [-0.4, -0.2) is 40.8 Å². The number of hydrogen-bond donors (Lipinski definition) is 2. The quantitative estimate of drug-likeness (QED) is 0.622. The Hall–Kier alpha value is -1.57. The first-order chi connectivity index (χ1) is 10.1. The van der Waals surface area contributed by atoms with Crippen LogP contribution in [0, 0.1) is 0 Å². The lowest BCUT2D eigenvalue weighted by molar-refractivity contribution is -0.144. The second-order valence-electron chi connectivity index (χ2n) is 4.64. The summed E-state index contributed by atoms with van der Waals surface area (Å²) >= 11 is 1.50. The molecule has 0 radical (unpaired) electrons. The Kier molecular flexibility index (Phi) is 5.60. The summed E-state index contributed by atoms with van der Waals surface area (Å²) in [4.78, 5) is 23.6. The number of hydrazine groups is 1. The molecule has 1 saturated heterocycles. The Bertz CT molecular complexity index is 497. The van der Waals surface area contributed by atoms with Crippen LogP contribution in [0.25, 0.3) is 0 Å². The van der Waals surface area contributed by atoms with Crippen molar-refractivity contribution >= 4 is 23.6 Å². The number of rotatable bonds is 5. The van der Waals surface area contributed by atoms with Crippen molar-refractivity contribution in [3.05, 3.63) is 35.9 Å². The third-order valence-electron chi connectivity index (χ3n) is 3.14. The highest BCUT2D eigenvalue weighted by Crippen LogP contribution is 2.26. The fourth-order valence-electron chi connectivity index (χ4n) is 2.04. The largest absolute Gasteiger partial charge is 0.466 e. The third-order valence-corrected chi connectivity index (χ3v) is 4.39. The van der Waals surface area contributed by atoms with Crippen molar-refractivity contribution in [3.63, 3.8) is 0 Å². The molecule has 2 atom stereocenters. The normalized spacial score (nSPS) is 22.0. The van der Waals surface area contributed by atoms with Gasteiger partial charge in [0.15, 0.2) is 0 Å². The number of amides is 1. The van der Waals surface area contributed by atoms with Crippen molar-refractivity contribution in [1.29, 1.82) is 0 Å². The summed E-state index contributed by atoms with van der Waals surface area (Å²) in [5.41, 5.74) is 0.248. The van der Waals surface area contributed by atoms with Crippen molar-refractivity contribution in [2.75, 3.05) is 12.4 Å². The molecule has 1 heterocycles. The Labute approximate surface area is 128 Å². The van der Waals surface area contributed by atoms with E-state index in [4.69, 9.17) is 10.6 Å². The van der Waals surface area contributed by atoms with E-state index >= 15 is 0 Å². The maximum atomic E-state index is 12.1. The van der Waals surface area contributed by atoms with Gasteiger partial charge in [0.05, 0.1) is 13.0 Å². The molecule has 0 bridgehead atoms. The van der Waals surface area contributed by atoms with Crippen LogP contribution >= 0.6 is 11.8 Å². The SMILES string of the molecule is CCOC(=O)CC1CSC(NC(=O)c2ccccc2)N1N. The maximum Gasteiger partial charge on any atom is 0.307 e. The minimum absolute atomic E-state index is 0.130. The lowest BCUT2D eigenvalue weighted by Gasteiger charge is -2.24. The summed E-state index contributed by atoms with van der Waals surface area (Å²) in [6.45, 7) is 2.13. The highest BCUT2D eigenvalue weighted by molar-refractivity contribution is 8.00. The molecule has 0 aromatic heterocycles. The molecular weight excluding hydrogens is 290 g/mol. The van der Waals surface area contributed by atoms with E-state index in [0.29, 0.717) is 17.9 Å². The highest BCUT2D eigenvalue weighted by atomic mass is 32.2. The van der Waals surface area contributed by atoms with Crippen molar-refractivity contribution < 1.29 is 14.3 Å². The number of nitrogens with two attached hydrogens (primary N) is 1. The third kappa shape index (κ3) is 4.20. The molecule has 1 fully saturated rings. The Balaban J connectivity index is 1.88. The van der Waals surface area contributed by atoms with Crippen LogP contribution < -0.4 is 11.2 Å². The van der Waals surface area contributed by atoms with Crippen LogP contribution in [0.15, 0.2) is 30.3 Å². The van der Waals surface area contributed by atoms with Crippen molar-refractivity contribution in [2.45, 2.75) is 24.9 Å². The molecule has 2 rings (SSSR count). The summed E-state index contributed by atoms with van der Waals surface area (Å²) in [7, 11) is 0. The standard InChI is InChI=1S/C14H19N3O3S/c1-2-20-12(18)8-11-9-21-14(17(11)15)16-13(19)10-6-4-3-5-7-10/h3-7,11,14H,2,8-9,15H2,1H3,(H,16,19). The summed E-state index contributed by atoms with van der Waals surface area (Å²) in [5, 5.41) is 4.37. The second kappa shape index (κ2) is 7.44. The molecule has 0 spiro atoms. The summed E-state index contributed by atoms with van der Waals surface area (Å²) in [5.74, 6) is 6.21. The van der Waals surface area contributed by atoms with Crippen LogP contribution in [0.3, 0.4) is 0 Å². The van der Waals surface area contributed by atoms with Gasteiger partial charge in [0.25, 0.3) is 5.91 Å². The number of carbonyl (C=O) groups excluding carboxylic acids is 2. The molecule has 2 unspecified atom stereocenters. The van der Waals surface area contributed by atoms with E-state index in [0.717, 1.165) is 0 Å². The first-order valence-electron chi connectivity index (χ1n) is 6.78. The number of benzene rings is 1. The number of ether oxygens (including phenoxy) is 1. The number of nitrogens with one attached hydrogen (secondary N) is 1. The van der Waals surface area contributed by atoms with E-state index in [-0.39, 0.29) is 29.8 Å². The maximum absolute atomic E-state index is 12.1. The molecule has 0 aliphatic carbocycles. The molecule has 1 aliphatic rings. The number of thioether (sulfide) groups is 1. The molecule has 1 aliphatic heterocycles. The van der Waals surface area contributed by atoms with Crippen molar-refractivity contribution in [2.24, 2.45) is 5.84 Å². The van der Waals surface area contributed by atoms with Gasteiger partial charge in [0.1, 0.15) is 5.50 Å². The molecule has 1 aromatic carbocycles. The smallest absolute Gasteiger partial charge is 0.307 e. The lowest BCUT2D eigenvalue weighted by atomic mass is 10.2. The minimum Gasteiger partial charge on any atom is -0.466 e. The molecule has 1 aromatic rings. The van der Waals surface area contributed by atoms with Gasteiger partial charge in [-0.25, -0.2) is 5.01 Å². The Morgan fingerprint density at radius 3 is 2.81 bits per heavy atom. The minimum atomic E-state index is -0.336. The topological polar surface area (TPSA) is 84.7 Å². The van der Waals surface area contributed by atoms with Gasteiger partial charge < -0.3 is 10.1 Å². The van der Waals surface area contributed by atoms with Crippen LogP contribution in [-0.2, 0) is 9.53 Å². The predicted octanol–water partition coefficient (Wildman–Crippen LogP) is 0.944.